The molecule has 0 atom stereocenters. The summed E-state index contributed by atoms with van der Waals surface area (Å²) in [4.78, 5) is 26.4. The Hall–Kier alpha value is -2.34. The molecule has 2 N–H and O–H groups in total. The Labute approximate surface area is 141 Å². The van der Waals surface area contributed by atoms with Gasteiger partial charge in [0.25, 0.3) is 5.56 Å². The van der Waals surface area contributed by atoms with Crippen molar-refractivity contribution in [1.29, 1.82) is 0 Å². The molecule has 6 heteroatoms. The maximum atomic E-state index is 12.9. The van der Waals surface area contributed by atoms with Crippen LogP contribution in [-0.4, -0.2) is 33.3 Å². The van der Waals surface area contributed by atoms with Gasteiger partial charge in [-0.1, -0.05) is 18.2 Å². The summed E-state index contributed by atoms with van der Waals surface area (Å²) >= 11 is 0. The summed E-state index contributed by atoms with van der Waals surface area (Å²) in [5.41, 5.74) is 8.07. The van der Waals surface area contributed by atoms with E-state index >= 15 is 0 Å². The molecule has 0 saturated carbocycles. The number of amides is 1. The molecule has 3 rings (SSSR count). The molecule has 0 spiro atoms. The highest BCUT2D eigenvalue weighted by atomic mass is 16.1. The van der Waals surface area contributed by atoms with Crippen LogP contribution in [0.4, 0.5) is 0 Å². The van der Waals surface area contributed by atoms with Crippen LogP contribution in [-0.2, 0) is 18.4 Å². The number of nitrogens with zero attached hydrogens (tertiary/aromatic N) is 3. The van der Waals surface area contributed by atoms with E-state index in [0.717, 1.165) is 42.9 Å². The van der Waals surface area contributed by atoms with Gasteiger partial charge in [-0.3, -0.25) is 19.2 Å². The smallest absolute Gasteiger partial charge is 0.276 e. The minimum absolute atomic E-state index is 0.0261. The van der Waals surface area contributed by atoms with Gasteiger partial charge in [-0.2, -0.15) is 0 Å². The highest BCUT2D eigenvalue weighted by molar-refractivity contribution is 5.76. The van der Waals surface area contributed by atoms with E-state index in [9.17, 15) is 9.59 Å². The lowest BCUT2D eigenvalue weighted by molar-refractivity contribution is -0.123. The van der Waals surface area contributed by atoms with Gasteiger partial charge in [0.15, 0.2) is 0 Å². The number of rotatable bonds is 4. The zero-order valence-electron chi connectivity index (χ0n) is 14.2. The maximum absolute atomic E-state index is 12.9. The maximum Gasteiger partial charge on any atom is 0.276 e. The number of carbonyl (C=O) groups excluding carboxylic acids is 1. The van der Waals surface area contributed by atoms with E-state index in [1.165, 1.54) is 0 Å². The van der Waals surface area contributed by atoms with Crippen molar-refractivity contribution in [3.63, 3.8) is 0 Å². The third-order valence-corrected chi connectivity index (χ3v) is 5.05. The molecule has 0 radical (unpaired) electrons. The molecule has 128 valence electrons. The summed E-state index contributed by atoms with van der Waals surface area (Å²) < 4.78 is 3.62. The first-order valence-electron chi connectivity index (χ1n) is 8.33. The number of likely N-dealkylation sites (tertiary alicyclic amines) is 1. The molecule has 1 aliphatic rings. The topological polar surface area (TPSA) is 73.3 Å². The van der Waals surface area contributed by atoms with Crippen molar-refractivity contribution < 1.29 is 4.79 Å². The number of para-hydroxylation sites is 1. The minimum Gasteiger partial charge on any atom is -0.369 e. The normalized spacial score (nSPS) is 16.4. The van der Waals surface area contributed by atoms with Crippen molar-refractivity contribution in [2.24, 2.45) is 18.7 Å². The Balaban J connectivity index is 1.83. The van der Waals surface area contributed by atoms with Crippen LogP contribution in [0.2, 0.25) is 0 Å². The van der Waals surface area contributed by atoms with Gasteiger partial charge in [0, 0.05) is 25.2 Å². The van der Waals surface area contributed by atoms with E-state index in [1.54, 1.807) is 4.68 Å². The third kappa shape index (κ3) is 3.01. The van der Waals surface area contributed by atoms with Crippen molar-refractivity contribution in [3.8, 4) is 5.69 Å². The van der Waals surface area contributed by atoms with Gasteiger partial charge in [-0.05, 0) is 45.0 Å². The van der Waals surface area contributed by atoms with Crippen LogP contribution in [0.25, 0.3) is 5.69 Å². The lowest BCUT2D eigenvalue weighted by Crippen LogP contribution is -2.39. The molecule has 1 saturated heterocycles. The second-order valence-corrected chi connectivity index (χ2v) is 6.49. The second kappa shape index (κ2) is 6.65. The van der Waals surface area contributed by atoms with E-state index in [4.69, 9.17) is 5.73 Å². The summed E-state index contributed by atoms with van der Waals surface area (Å²) in [5.74, 6) is -0.240. The molecule has 2 aromatic rings. The van der Waals surface area contributed by atoms with E-state index in [-0.39, 0.29) is 17.4 Å². The van der Waals surface area contributed by atoms with Crippen molar-refractivity contribution >= 4 is 5.91 Å². The molecule has 1 aromatic carbocycles. The van der Waals surface area contributed by atoms with Gasteiger partial charge >= 0.3 is 0 Å². The van der Waals surface area contributed by atoms with Gasteiger partial charge in [0.1, 0.15) is 0 Å². The minimum atomic E-state index is -0.211. The molecular weight excluding hydrogens is 304 g/mol. The summed E-state index contributed by atoms with van der Waals surface area (Å²) in [6.45, 7) is 4.19. The zero-order valence-corrected chi connectivity index (χ0v) is 14.2. The molecule has 24 heavy (non-hydrogen) atoms. The molecule has 2 heterocycles. The molecule has 0 aliphatic carbocycles. The van der Waals surface area contributed by atoms with Crippen LogP contribution in [0.15, 0.2) is 35.1 Å². The molecular formula is C18H24N4O2. The van der Waals surface area contributed by atoms with Crippen molar-refractivity contribution in [1.82, 2.24) is 14.3 Å². The van der Waals surface area contributed by atoms with Crippen LogP contribution < -0.4 is 11.3 Å². The predicted octanol–water partition coefficient (Wildman–Crippen LogP) is 1.18. The Morgan fingerprint density at radius 3 is 2.42 bits per heavy atom. The van der Waals surface area contributed by atoms with Gasteiger partial charge < -0.3 is 5.73 Å². The first-order chi connectivity index (χ1) is 11.5. The summed E-state index contributed by atoms with van der Waals surface area (Å²) in [7, 11) is 1.91. The number of primary amides is 1. The molecule has 1 fully saturated rings. The van der Waals surface area contributed by atoms with Crippen LogP contribution >= 0.6 is 0 Å². The van der Waals surface area contributed by atoms with Gasteiger partial charge in [-0.25, -0.2) is 4.68 Å². The fourth-order valence-corrected chi connectivity index (χ4v) is 3.41. The first-order valence-corrected chi connectivity index (χ1v) is 8.33. The van der Waals surface area contributed by atoms with E-state index in [0.29, 0.717) is 6.54 Å². The Kier molecular flexibility index (Phi) is 4.57. The Morgan fingerprint density at radius 1 is 1.21 bits per heavy atom. The summed E-state index contributed by atoms with van der Waals surface area (Å²) in [6.07, 6.45) is 1.54. The van der Waals surface area contributed by atoms with Crippen LogP contribution in [0.5, 0.6) is 0 Å². The van der Waals surface area contributed by atoms with E-state index in [1.807, 2.05) is 49.0 Å². The highest BCUT2D eigenvalue weighted by Crippen LogP contribution is 2.19. The zero-order chi connectivity index (χ0) is 17.3. The monoisotopic (exact) mass is 328 g/mol. The van der Waals surface area contributed by atoms with Crippen LogP contribution in [0.3, 0.4) is 0 Å². The van der Waals surface area contributed by atoms with Gasteiger partial charge in [0.05, 0.1) is 11.3 Å². The predicted molar refractivity (Wildman–Crippen MR) is 92.9 cm³/mol. The molecule has 1 aliphatic heterocycles. The lowest BCUT2D eigenvalue weighted by Gasteiger charge is -2.30. The Morgan fingerprint density at radius 2 is 1.83 bits per heavy atom. The number of hydrogen-bond acceptors (Lipinski definition) is 3. The molecule has 0 bridgehead atoms. The second-order valence-electron chi connectivity index (χ2n) is 6.49. The number of aromatic nitrogens is 2. The van der Waals surface area contributed by atoms with Crippen molar-refractivity contribution in [2.75, 3.05) is 13.1 Å². The number of piperidine rings is 1. The molecule has 1 aromatic heterocycles. The number of nitrogens with two attached hydrogens (primary N) is 1. The van der Waals surface area contributed by atoms with Gasteiger partial charge in [-0.15, -0.1) is 0 Å². The standard InChI is InChI=1S/C18H24N4O2/c1-13-16(12-21-10-8-14(9-11-21)17(19)23)18(24)22(20(13)2)15-6-4-3-5-7-15/h3-7,14H,8-12H2,1-2H3,(H2,19,23). The van der Waals surface area contributed by atoms with Gasteiger partial charge in [0.2, 0.25) is 5.91 Å². The van der Waals surface area contributed by atoms with Crippen LogP contribution in [0.1, 0.15) is 24.1 Å². The lowest BCUT2D eigenvalue weighted by atomic mass is 9.96. The number of benzene rings is 1. The van der Waals surface area contributed by atoms with Crippen molar-refractivity contribution in [2.45, 2.75) is 26.3 Å². The number of hydrogen-bond donors (Lipinski definition) is 1. The van der Waals surface area contributed by atoms with Crippen LogP contribution in [0, 0.1) is 12.8 Å². The molecule has 0 unspecified atom stereocenters. The average molecular weight is 328 g/mol. The van der Waals surface area contributed by atoms with E-state index < -0.39 is 0 Å². The molecule has 1 amide bonds. The fraction of sp³-hybridized carbons (Fsp3) is 0.444. The fourth-order valence-electron chi connectivity index (χ4n) is 3.41. The third-order valence-electron chi connectivity index (χ3n) is 5.05. The Bertz CT molecular complexity index is 783. The average Bonchev–Trinajstić information content (AvgIpc) is 2.80. The van der Waals surface area contributed by atoms with E-state index in [2.05, 4.69) is 4.90 Å². The summed E-state index contributed by atoms with van der Waals surface area (Å²) in [5, 5.41) is 0. The van der Waals surface area contributed by atoms with Crippen molar-refractivity contribution in [3.05, 3.63) is 51.9 Å². The first kappa shape index (κ1) is 16.5. The molecule has 6 nitrogen and oxygen atoms in total. The summed E-state index contributed by atoms with van der Waals surface area (Å²) in [6, 6.07) is 9.66. The SMILES string of the molecule is Cc1c(CN2CCC(C(N)=O)CC2)c(=O)n(-c2ccccc2)n1C. The number of carbonyl (C=O) groups is 1. The largest absolute Gasteiger partial charge is 0.369 e. The highest BCUT2D eigenvalue weighted by Gasteiger charge is 2.25. The quantitative estimate of drug-likeness (QED) is 0.916.